The van der Waals surface area contributed by atoms with Crippen molar-refractivity contribution in [3.63, 3.8) is 0 Å². The summed E-state index contributed by atoms with van der Waals surface area (Å²) in [7, 11) is 0. The molecule has 0 saturated heterocycles. The number of para-hydroxylation sites is 1. The van der Waals surface area contributed by atoms with E-state index in [0.717, 1.165) is 11.4 Å². The molecule has 4 heteroatoms. The van der Waals surface area contributed by atoms with Crippen LogP contribution in [0.25, 0.3) is 102 Å². The van der Waals surface area contributed by atoms with Gasteiger partial charge in [0, 0.05) is 52.8 Å². The third-order valence-corrected chi connectivity index (χ3v) is 17.0. The van der Waals surface area contributed by atoms with Gasteiger partial charge in [-0.05, 0) is 132 Å². The summed E-state index contributed by atoms with van der Waals surface area (Å²) in [6.07, 6.45) is 0. The van der Waals surface area contributed by atoms with Crippen molar-refractivity contribution in [1.82, 2.24) is 4.57 Å². The lowest BCUT2D eigenvalue weighted by atomic mass is 9.81. The van der Waals surface area contributed by atoms with Gasteiger partial charge in [0.05, 0.1) is 27.1 Å². The van der Waals surface area contributed by atoms with Crippen LogP contribution in [0.2, 0.25) is 0 Å². The van der Waals surface area contributed by atoms with E-state index in [9.17, 15) is 0 Å². The standard InChI is InChI=1S/C61H38N2S2/c1-61(2)51-32-48-42-21-8-6-19-40(42)39-18-5-7-20-41(39)47(48)31-49(51)50-33-58-55(34-52(50)61)62(54-28-35-14-3-4-15-36(35)29-57(54)64-58)37-16-13-17-38(30-37)63-53-24-11-9-22-43(53)45-26-27-46-44-23-10-12-25-56(44)65-60(46)59(45)63/h3-34H,1-2H3. The summed E-state index contributed by atoms with van der Waals surface area (Å²) in [5, 5.41) is 15.6. The van der Waals surface area contributed by atoms with Crippen molar-refractivity contribution in [1.29, 1.82) is 0 Å². The molecule has 0 bridgehead atoms. The predicted molar refractivity (Wildman–Crippen MR) is 280 cm³/mol. The van der Waals surface area contributed by atoms with Crippen LogP contribution >= 0.6 is 23.1 Å². The third kappa shape index (κ3) is 4.85. The van der Waals surface area contributed by atoms with Gasteiger partial charge in [-0.15, -0.1) is 11.3 Å². The van der Waals surface area contributed by atoms with Gasteiger partial charge in [0.25, 0.3) is 0 Å². The van der Waals surface area contributed by atoms with E-state index in [-0.39, 0.29) is 5.41 Å². The molecule has 2 aliphatic rings. The van der Waals surface area contributed by atoms with Crippen LogP contribution in [-0.2, 0) is 5.41 Å². The minimum absolute atomic E-state index is 0.221. The molecule has 1 aliphatic heterocycles. The molecule has 0 amide bonds. The van der Waals surface area contributed by atoms with Crippen LogP contribution in [0.4, 0.5) is 17.1 Å². The zero-order valence-corrected chi connectivity index (χ0v) is 37.3. The van der Waals surface area contributed by atoms with Gasteiger partial charge in [0.1, 0.15) is 0 Å². The van der Waals surface area contributed by atoms with Crippen molar-refractivity contribution >= 4 is 125 Å². The fraction of sp³-hybridized carbons (Fsp3) is 0.0492. The highest BCUT2D eigenvalue weighted by molar-refractivity contribution is 7.99. The molecule has 15 rings (SSSR count). The summed E-state index contributed by atoms with van der Waals surface area (Å²) in [6.45, 7) is 4.86. The molecule has 11 aromatic carbocycles. The number of aromatic nitrogens is 1. The summed E-state index contributed by atoms with van der Waals surface area (Å²) < 4.78 is 5.17. The monoisotopic (exact) mass is 862 g/mol. The number of thiophene rings is 1. The molecule has 1 aliphatic carbocycles. The van der Waals surface area contributed by atoms with Crippen LogP contribution in [0, 0.1) is 0 Å². The fourth-order valence-electron chi connectivity index (χ4n) is 11.7. The van der Waals surface area contributed by atoms with Crippen molar-refractivity contribution in [2.45, 2.75) is 29.1 Å². The molecule has 13 aromatic rings. The first kappa shape index (κ1) is 36.0. The third-order valence-electron chi connectivity index (χ3n) is 14.7. The minimum Gasteiger partial charge on any atom is -0.308 e. The summed E-state index contributed by atoms with van der Waals surface area (Å²) in [5.41, 5.74) is 12.5. The molecule has 2 nitrogen and oxygen atoms in total. The van der Waals surface area contributed by atoms with Crippen molar-refractivity contribution < 1.29 is 0 Å². The van der Waals surface area contributed by atoms with Crippen LogP contribution in [-0.4, -0.2) is 4.57 Å². The van der Waals surface area contributed by atoms with Gasteiger partial charge in [0.2, 0.25) is 0 Å². The van der Waals surface area contributed by atoms with E-state index >= 15 is 0 Å². The Bertz CT molecular complexity index is 4260. The molecule has 0 radical (unpaired) electrons. The second kappa shape index (κ2) is 12.9. The molecule has 304 valence electrons. The van der Waals surface area contributed by atoms with E-state index < -0.39 is 0 Å². The van der Waals surface area contributed by atoms with Gasteiger partial charge in [-0.25, -0.2) is 0 Å². The van der Waals surface area contributed by atoms with Crippen LogP contribution in [0.15, 0.2) is 204 Å². The second-order valence-corrected chi connectivity index (χ2v) is 20.6. The molecule has 0 fully saturated rings. The summed E-state index contributed by atoms with van der Waals surface area (Å²) >= 11 is 3.81. The highest BCUT2D eigenvalue weighted by atomic mass is 32.2. The maximum absolute atomic E-state index is 2.55. The number of anilines is 3. The van der Waals surface area contributed by atoms with Gasteiger partial charge in [-0.1, -0.05) is 153 Å². The van der Waals surface area contributed by atoms with E-state index in [1.165, 1.54) is 128 Å². The Morgan fingerprint density at radius 1 is 0.400 bits per heavy atom. The molecule has 3 heterocycles. The van der Waals surface area contributed by atoms with E-state index in [4.69, 9.17) is 0 Å². The van der Waals surface area contributed by atoms with Crippen LogP contribution < -0.4 is 4.90 Å². The first-order valence-electron chi connectivity index (χ1n) is 22.5. The highest BCUT2D eigenvalue weighted by Gasteiger charge is 2.39. The van der Waals surface area contributed by atoms with Crippen molar-refractivity contribution in [3.8, 4) is 16.8 Å². The number of rotatable bonds is 2. The van der Waals surface area contributed by atoms with Gasteiger partial charge >= 0.3 is 0 Å². The Kier molecular flexibility index (Phi) is 7.14. The minimum atomic E-state index is -0.221. The molecular weight excluding hydrogens is 825 g/mol. The predicted octanol–water partition coefficient (Wildman–Crippen LogP) is 18.0. The lowest BCUT2D eigenvalue weighted by Gasteiger charge is -2.35. The van der Waals surface area contributed by atoms with Gasteiger partial charge in [-0.2, -0.15) is 0 Å². The van der Waals surface area contributed by atoms with E-state index in [0.29, 0.717) is 0 Å². The molecule has 0 unspecified atom stereocenters. The van der Waals surface area contributed by atoms with E-state index in [1.54, 1.807) is 0 Å². The SMILES string of the molecule is CC1(C)c2cc3c(cc2-c2cc4c5ccccc5c5ccccc5c4cc21)Sc1cc2ccccc2cc1N3c1cccc(-n2c3ccccc3c3ccc4c5ccccc5sc4c32)c1. The molecule has 65 heavy (non-hydrogen) atoms. The summed E-state index contributed by atoms with van der Waals surface area (Å²) in [5.74, 6) is 0. The topological polar surface area (TPSA) is 8.17 Å². The highest BCUT2D eigenvalue weighted by Crippen LogP contribution is 2.59. The average Bonchev–Trinajstić information content (AvgIpc) is 3.97. The number of hydrogen-bond donors (Lipinski definition) is 0. The number of nitrogens with zero attached hydrogens (tertiary/aromatic N) is 2. The van der Waals surface area contributed by atoms with Crippen LogP contribution in [0.5, 0.6) is 0 Å². The summed E-state index contributed by atoms with van der Waals surface area (Å²) in [6, 6.07) is 73.3. The fourth-order valence-corrected chi connectivity index (χ4v) is 14.0. The lowest BCUT2D eigenvalue weighted by molar-refractivity contribution is 0.661. The zero-order valence-electron chi connectivity index (χ0n) is 35.7. The Morgan fingerprint density at radius 2 is 0.969 bits per heavy atom. The van der Waals surface area contributed by atoms with Gasteiger partial charge < -0.3 is 9.47 Å². The second-order valence-electron chi connectivity index (χ2n) is 18.4. The van der Waals surface area contributed by atoms with E-state index in [1.807, 2.05) is 23.1 Å². The Labute approximate surface area is 383 Å². The summed E-state index contributed by atoms with van der Waals surface area (Å²) in [4.78, 5) is 5.09. The molecular formula is C61H38N2S2. The van der Waals surface area contributed by atoms with Crippen LogP contribution in [0.3, 0.4) is 0 Å². The first-order valence-corrected chi connectivity index (χ1v) is 24.1. The lowest BCUT2D eigenvalue weighted by Crippen LogP contribution is -2.19. The maximum atomic E-state index is 2.55. The zero-order chi connectivity index (χ0) is 42.7. The Morgan fingerprint density at radius 3 is 1.75 bits per heavy atom. The smallest absolute Gasteiger partial charge is 0.0719 e. The van der Waals surface area contributed by atoms with Gasteiger partial charge in [0.15, 0.2) is 0 Å². The number of fused-ring (bicyclic) bond motifs is 19. The number of hydrogen-bond acceptors (Lipinski definition) is 3. The van der Waals surface area contributed by atoms with E-state index in [2.05, 4.69) is 217 Å². The molecule has 0 spiro atoms. The Hall–Kier alpha value is -7.37. The molecule has 0 atom stereocenters. The van der Waals surface area contributed by atoms with Crippen molar-refractivity contribution in [2.24, 2.45) is 0 Å². The van der Waals surface area contributed by atoms with Crippen molar-refractivity contribution in [2.75, 3.05) is 4.90 Å². The molecule has 0 saturated carbocycles. The number of benzene rings is 11. The first-order chi connectivity index (χ1) is 32.0. The largest absolute Gasteiger partial charge is 0.308 e. The normalized spacial score (nSPS) is 14.0. The average molecular weight is 863 g/mol. The molecule has 2 aromatic heterocycles. The quantitative estimate of drug-likeness (QED) is 0.160. The van der Waals surface area contributed by atoms with Crippen LogP contribution in [0.1, 0.15) is 25.0 Å². The Balaban J connectivity index is 0.977. The maximum Gasteiger partial charge on any atom is 0.0719 e. The molecule has 0 N–H and O–H groups in total. The van der Waals surface area contributed by atoms with Gasteiger partial charge in [-0.3, -0.25) is 0 Å². The van der Waals surface area contributed by atoms with Crippen molar-refractivity contribution in [3.05, 3.63) is 205 Å².